The Morgan fingerprint density at radius 3 is 1.88 bits per heavy atom. The predicted octanol–water partition coefficient (Wildman–Crippen LogP) is 5.47. The first kappa shape index (κ1) is 19.1. The SMILES string of the molecule is CC(C)(C)c1cc(-c2cccc(P(C(C)(C)C)C(C)(C)C)n2)n[nH]1. The molecule has 0 spiro atoms. The van der Waals surface area contributed by atoms with Crippen LogP contribution in [0.5, 0.6) is 0 Å². The molecule has 0 aromatic carbocycles. The second-order valence-electron chi connectivity index (χ2n) is 9.47. The summed E-state index contributed by atoms with van der Waals surface area (Å²) in [6, 6.07) is 8.49. The van der Waals surface area contributed by atoms with Crippen LogP contribution in [0.4, 0.5) is 0 Å². The minimum Gasteiger partial charge on any atom is -0.281 e. The number of hydrogen-bond donors (Lipinski definition) is 1. The molecule has 0 radical (unpaired) electrons. The van der Waals surface area contributed by atoms with Crippen molar-refractivity contribution in [1.82, 2.24) is 15.2 Å². The zero-order chi connectivity index (χ0) is 18.3. The van der Waals surface area contributed by atoms with E-state index in [1.54, 1.807) is 0 Å². The summed E-state index contributed by atoms with van der Waals surface area (Å²) >= 11 is 0. The molecule has 2 heterocycles. The van der Waals surface area contributed by atoms with E-state index in [1.807, 2.05) is 0 Å². The molecule has 3 nitrogen and oxygen atoms in total. The molecule has 2 aromatic heterocycles. The monoisotopic (exact) mass is 345 g/mol. The van der Waals surface area contributed by atoms with Crippen LogP contribution in [0.2, 0.25) is 0 Å². The number of H-pyrrole nitrogens is 1. The van der Waals surface area contributed by atoms with Crippen molar-refractivity contribution in [2.24, 2.45) is 0 Å². The van der Waals surface area contributed by atoms with E-state index < -0.39 is 7.92 Å². The second kappa shape index (κ2) is 6.26. The third-order valence-electron chi connectivity index (χ3n) is 3.95. The van der Waals surface area contributed by atoms with Crippen molar-refractivity contribution in [2.75, 3.05) is 0 Å². The van der Waals surface area contributed by atoms with Gasteiger partial charge in [-0.3, -0.25) is 5.10 Å². The van der Waals surface area contributed by atoms with Gasteiger partial charge in [0.2, 0.25) is 0 Å². The smallest absolute Gasteiger partial charge is 0.111 e. The lowest BCUT2D eigenvalue weighted by atomic mass is 9.92. The van der Waals surface area contributed by atoms with Gasteiger partial charge in [0.1, 0.15) is 5.69 Å². The Labute approximate surface area is 148 Å². The van der Waals surface area contributed by atoms with E-state index >= 15 is 0 Å². The Bertz CT molecular complexity index is 683. The van der Waals surface area contributed by atoms with Crippen molar-refractivity contribution >= 4 is 13.4 Å². The van der Waals surface area contributed by atoms with Crippen LogP contribution < -0.4 is 5.44 Å². The Hall–Kier alpha value is -1.21. The third-order valence-corrected chi connectivity index (χ3v) is 7.34. The highest BCUT2D eigenvalue weighted by Gasteiger charge is 2.36. The molecule has 0 fully saturated rings. The van der Waals surface area contributed by atoms with E-state index in [9.17, 15) is 0 Å². The molecule has 0 aliphatic rings. The average Bonchev–Trinajstić information content (AvgIpc) is 2.84. The Kier molecular flexibility index (Phi) is 4.99. The fourth-order valence-corrected chi connectivity index (χ4v) is 7.05. The van der Waals surface area contributed by atoms with Crippen molar-refractivity contribution in [1.29, 1.82) is 0 Å². The molecule has 0 amide bonds. The number of aromatic amines is 1. The Morgan fingerprint density at radius 2 is 1.42 bits per heavy atom. The topological polar surface area (TPSA) is 41.6 Å². The van der Waals surface area contributed by atoms with E-state index in [-0.39, 0.29) is 15.7 Å². The van der Waals surface area contributed by atoms with Crippen molar-refractivity contribution in [2.45, 2.75) is 78.0 Å². The molecule has 0 saturated carbocycles. The number of nitrogens with one attached hydrogen (secondary N) is 1. The lowest BCUT2D eigenvalue weighted by Gasteiger charge is -2.40. The molecule has 4 heteroatoms. The van der Waals surface area contributed by atoms with Crippen LogP contribution in [0, 0.1) is 0 Å². The van der Waals surface area contributed by atoms with E-state index in [1.165, 1.54) is 5.44 Å². The van der Waals surface area contributed by atoms with Crippen molar-refractivity contribution in [3.05, 3.63) is 30.0 Å². The van der Waals surface area contributed by atoms with E-state index in [2.05, 4.69) is 96.8 Å². The molecule has 0 atom stereocenters. The molecule has 0 bridgehead atoms. The minimum absolute atomic E-state index is 0.0618. The molecular weight excluding hydrogens is 313 g/mol. The van der Waals surface area contributed by atoms with Crippen LogP contribution in [-0.4, -0.2) is 25.5 Å². The van der Waals surface area contributed by atoms with Crippen LogP contribution in [0.25, 0.3) is 11.4 Å². The van der Waals surface area contributed by atoms with Crippen LogP contribution >= 0.6 is 7.92 Å². The first-order valence-electron chi connectivity index (χ1n) is 8.64. The van der Waals surface area contributed by atoms with Gasteiger partial charge in [0, 0.05) is 11.1 Å². The van der Waals surface area contributed by atoms with Crippen molar-refractivity contribution in [3.8, 4) is 11.4 Å². The van der Waals surface area contributed by atoms with Gasteiger partial charge in [-0.05, 0) is 36.4 Å². The number of pyridine rings is 1. The summed E-state index contributed by atoms with van der Waals surface area (Å²) in [6.45, 7) is 20.5. The highest BCUT2D eigenvalue weighted by molar-refractivity contribution is 7.68. The Morgan fingerprint density at radius 1 is 0.833 bits per heavy atom. The van der Waals surface area contributed by atoms with Gasteiger partial charge in [-0.15, -0.1) is 0 Å². The summed E-state index contributed by atoms with van der Waals surface area (Å²) in [5.74, 6) is 0. The molecule has 0 saturated heterocycles. The van der Waals surface area contributed by atoms with Crippen LogP contribution in [0.1, 0.15) is 68.0 Å². The number of hydrogen-bond acceptors (Lipinski definition) is 2. The summed E-state index contributed by atoms with van der Waals surface area (Å²) in [7, 11) is -0.409. The van der Waals surface area contributed by atoms with Gasteiger partial charge >= 0.3 is 0 Å². The normalized spacial score (nSPS) is 13.6. The first-order chi connectivity index (χ1) is 10.8. The lowest BCUT2D eigenvalue weighted by molar-refractivity contribution is 0.567. The maximum Gasteiger partial charge on any atom is 0.111 e. The van der Waals surface area contributed by atoms with E-state index in [0.29, 0.717) is 0 Å². The molecule has 132 valence electrons. The molecular formula is C20H32N3P. The maximum absolute atomic E-state index is 5.02. The molecule has 24 heavy (non-hydrogen) atoms. The largest absolute Gasteiger partial charge is 0.281 e. The van der Waals surface area contributed by atoms with Gasteiger partial charge < -0.3 is 0 Å². The fourth-order valence-electron chi connectivity index (χ4n) is 3.22. The molecule has 2 rings (SSSR count). The first-order valence-corrected chi connectivity index (χ1v) is 9.98. The van der Waals surface area contributed by atoms with E-state index in [0.717, 1.165) is 17.1 Å². The number of rotatable bonds is 2. The predicted molar refractivity (Wildman–Crippen MR) is 107 cm³/mol. The fraction of sp³-hybridized carbons (Fsp3) is 0.600. The summed E-state index contributed by atoms with van der Waals surface area (Å²) in [5, 5.41) is 8.09. The summed E-state index contributed by atoms with van der Waals surface area (Å²) in [5.41, 5.74) is 4.30. The molecule has 0 aliphatic heterocycles. The van der Waals surface area contributed by atoms with Gasteiger partial charge in [-0.1, -0.05) is 68.4 Å². The van der Waals surface area contributed by atoms with Gasteiger partial charge in [0.05, 0.1) is 11.1 Å². The van der Waals surface area contributed by atoms with Crippen LogP contribution in [0.15, 0.2) is 24.3 Å². The van der Waals surface area contributed by atoms with Gasteiger partial charge in [0.15, 0.2) is 0 Å². The van der Waals surface area contributed by atoms with Crippen molar-refractivity contribution < 1.29 is 0 Å². The molecule has 0 unspecified atom stereocenters. The van der Waals surface area contributed by atoms with E-state index in [4.69, 9.17) is 4.98 Å². The number of aromatic nitrogens is 3. The minimum atomic E-state index is -0.409. The van der Waals surface area contributed by atoms with Gasteiger partial charge in [0.25, 0.3) is 0 Å². The molecule has 1 N–H and O–H groups in total. The van der Waals surface area contributed by atoms with Gasteiger partial charge in [-0.25, -0.2) is 4.98 Å². The summed E-state index contributed by atoms with van der Waals surface area (Å²) < 4.78 is 0. The zero-order valence-electron chi connectivity index (χ0n) is 16.7. The quantitative estimate of drug-likeness (QED) is 0.733. The second-order valence-corrected chi connectivity index (χ2v) is 13.3. The van der Waals surface area contributed by atoms with Crippen molar-refractivity contribution in [3.63, 3.8) is 0 Å². The maximum atomic E-state index is 5.02. The average molecular weight is 345 g/mol. The Balaban J connectivity index is 2.47. The highest BCUT2D eigenvalue weighted by atomic mass is 31.1. The summed E-state index contributed by atoms with van der Waals surface area (Å²) in [6.07, 6.45) is 0. The lowest BCUT2D eigenvalue weighted by Crippen LogP contribution is -2.32. The summed E-state index contributed by atoms with van der Waals surface area (Å²) in [4.78, 5) is 5.02. The highest BCUT2D eigenvalue weighted by Crippen LogP contribution is 2.57. The third kappa shape index (κ3) is 4.25. The molecule has 0 aliphatic carbocycles. The van der Waals surface area contributed by atoms with Crippen LogP contribution in [-0.2, 0) is 5.41 Å². The van der Waals surface area contributed by atoms with Crippen LogP contribution in [0.3, 0.4) is 0 Å². The standard InChI is InChI=1S/C20H32N3P/c1-18(2,3)16-13-15(22-23-16)14-11-10-12-17(21-14)24(19(4,5)6)20(7,8)9/h10-13H,1-9H3,(H,22,23). The van der Waals surface area contributed by atoms with Gasteiger partial charge in [-0.2, -0.15) is 5.10 Å². The number of nitrogens with zero attached hydrogens (tertiary/aromatic N) is 2. The zero-order valence-corrected chi connectivity index (χ0v) is 17.5. The molecule has 2 aromatic rings.